The predicted octanol–water partition coefficient (Wildman–Crippen LogP) is 1.92. The highest BCUT2D eigenvalue weighted by Crippen LogP contribution is 2.26. The average Bonchev–Trinajstić information content (AvgIpc) is 3.35. The van der Waals surface area contributed by atoms with Crippen molar-refractivity contribution in [1.82, 2.24) is 15.5 Å². The van der Waals surface area contributed by atoms with E-state index < -0.39 is 36.0 Å². The number of aliphatic carboxylic acids is 1. The minimum Gasteiger partial charge on any atom is -0.480 e. The number of alkyl carbamates (subject to hydrolysis) is 1. The van der Waals surface area contributed by atoms with Gasteiger partial charge in [0.2, 0.25) is 5.96 Å². The minimum atomic E-state index is -1.76. The van der Waals surface area contributed by atoms with E-state index in [1.807, 2.05) is 36.4 Å². The van der Waals surface area contributed by atoms with Crippen LogP contribution in [-0.4, -0.2) is 98.8 Å². The summed E-state index contributed by atoms with van der Waals surface area (Å²) < 4.78 is 10.4. The topological polar surface area (TPSA) is 203 Å². The van der Waals surface area contributed by atoms with Crippen LogP contribution in [0, 0.1) is 0 Å². The van der Waals surface area contributed by atoms with Crippen LogP contribution in [0.3, 0.4) is 0 Å². The number of guanidine groups is 1. The number of likely N-dealkylation sites (tertiary alicyclic amines) is 1. The summed E-state index contributed by atoms with van der Waals surface area (Å²) >= 11 is 0. The average molecular weight is 654 g/mol. The molecule has 0 aromatic heterocycles. The molecule has 2 aliphatic rings. The molecule has 4 rings (SSSR count). The smallest absolute Gasteiger partial charge is 0.408 e. The van der Waals surface area contributed by atoms with Gasteiger partial charge >= 0.3 is 18.0 Å². The summed E-state index contributed by atoms with van der Waals surface area (Å²) in [5, 5.41) is 47.0. The number of rotatable bonds is 16. The Balaban J connectivity index is 1.24. The molecule has 2 aromatic carbocycles. The maximum atomic E-state index is 12.1. The summed E-state index contributed by atoms with van der Waals surface area (Å²) in [5.41, 5.74) is -0.0708. The van der Waals surface area contributed by atoms with Crippen molar-refractivity contribution in [2.45, 2.75) is 82.1 Å². The molecule has 4 atom stereocenters. The van der Waals surface area contributed by atoms with Gasteiger partial charge in [-0.1, -0.05) is 67.1 Å². The van der Waals surface area contributed by atoms with E-state index in [2.05, 4.69) is 20.6 Å². The van der Waals surface area contributed by atoms with Crippen molar-refractivity contribution in [3.05, 3.63) is 71.8 Å². The fraction of sp³-hybridized carbons (Fsp3) is 0.485. The van der Waals surface area contributed by atoms with Crippen LogP contribution in [0.4, 0.5) is 4.79 Å². The van der Waals surface area contributed by atoms with Crippen molar-refractivity contribution >= 4 is 29.8 Å². The third-order valence-electron chi connectivity index (χ3n) is 7.82. The lowest BCUT2D eigenvalue weighted by Crippen LogP contribution is -2.54. The molecule has 254 valence electrons. The maximum absolute atomic E-state index is 12.1. The minimum absolute atomic E-state index is 0.00809. The normalized spacial score (nSPS) is 22.0. The molecule has 14 nitrogen and oxygen atoms in total. The van der Waals surface area contributed by atoms with E-state index in [1.165, 1.54) is 0 Å². The molecule has 2 aromatic rings. The summed E-state index contributed by atoms with van der Waals surface area (Å²) in [4.78, 5) is 46.5. The summed E-state index contributed by atoms with van der Waals surface area (Å²) in [7, 11) is 0. The number of carboxylic acids is 1. The number of aliphatic hydroxyl groups is 3. The van der Waals surface area contributed by atoms with Gasteiger partial charge in [-0.05, 0) is 36.8 Å². The second-order valence-corrected chi connectivity index (χ2v) is 11.6. The van der Waals surface area contributed by atoms with Crippen LogP contribution in [0.25, 0.3) is 0 Å². The van der Waals surface area contributed by atoms with E-state index in [1.54, 1.807) is 29.2 Å². The highest BCUT2D eigenvalue weighted by molar-refractivity contribution is 6.07. The first-order valence-electron chi connectivity index (χ1n) is 15.8. The number of hydrogen-bond acceptors (Lipinski definition) is 10. The molecule has 1 amide bonds. The van der Waals surface area contributed by atoms with Gasteiger partial charge < -0.3 is 45.4 Å². The first-order valence-corrected chi connectivity index (χ1v) is 15.8. The molecule has 47 heavy (non-hydrogen) atoms. The number of β-amino-alcohol motifs (C(OH)–C–C–N with tert-alkyl or cyclic N) is 1. The third kappa shape index (κ3) is 11.0. The van der Waals surface area contributed by atoms with Gasteiger partial charge in [0, 0.05) is 32.5 Å². The SMILES string of the molecule is O=C(CCCCCN1C[C@@H](O)[C@@H](O)CC2(O)NC(=NCCC[C@H](NC(=O)OCc3ccccc3)C(=O)O)N=C12)OCc1ccccc1. The lowest BCUT2D eigenvalue weighted by Gasteiger charge is -2.30. The Bertz CT molecular complexity index is 1390. The number of amides is 1. The molecule has 1 unspecified atom stereocenters. The Kier molecular flexibility index (Phi) is 13.1. The predicted molar refractivity (Wildman–Crippen MR) is 171 cm³/mol. The third-order valence-corrected chi connectivity index (χ3v) is 7.82. The van der Waals surface area contributed by atoms with Gasteiger partial charge in [0.05, 0.1) is 12.2 Å². The van der Waals surface area contributed by atoms with Crippen molar-refractivity contribution in [2.75, 3.05) is 19.6 Å². The summed E-state index contributed by atoms with van der Waals surface area (Å²) in [6.45, 7) is 0.831. The molecule has 0 bridgehead atoms. The number of unbranched alkanes of at least 4 members (excludes halogenated alkanes) is 2. The molecule has 2 heterocycles. The van der Waals surface area contributed by atoms with Gasteiger partial charge in [-0.3, -0.25) is 9.79 Å². The van der Waals surface area contributed by atoms with E-state index in [9.17, 15) is 34.8 Å². The zero-order valence-corrected chi connectivity index (χ0v) is 26.2. The number of hydrogen-bond donors (Lipinski definition) is 6. The monoisotopic (exact) mass is 653 g/mol. The maximum Gasteiger partial charge on any atom is 0.408 e. The molecular formula is C33H43N5O9. The molecule has 0 radical (unpaired) electrons. The van der Waals surface area contributed by atoms with Crippen LogP contribution in [0.2, 0.25) is 0 Å². The highest BCUT2D eigenvalue weighted by Gasteiger charge is 2.48. The second-order valence-electron chi connectivity index (χ2n) is 11.6. The fourth-order valence-corrected chi connectivity index (χ4v) is 5.28. The quantitative estimate of drug-likeness (QED) is 0.114. The molecule has 2 aliphatic heterocycles. The summed E-state index contributed by atoms with van der Waals surface area (Å²) in [5.74, 6) is -1.16. The lowest BCUT2D eigenvalue weighted by atomic mass is 10.0. The summed E-state index contributed by atoms with van der Waals surface area (Å²) in [6.07, 6.45) is -0.840. The van der Waals surface area contributed by atoms with Crippen molar-refractivity contribution in [3.63, 3.8) is 0 Å². The number of carboxylic acid groups (broad SMARTS) is 1. The molecule has 0 aliphatic carbocycles. The van der Waals surface area contributed by atoms with E-state index in [4.69, 9.17) is 9.47 Å². The standard InChI is InChI=1S/C33H43N5O9/c39-26-19-33(45)30(38(20-27(26)40)18-9-3-8-16-28(41)46-21-23-11-4-1-5-12-23)36-31(37-33)34-17-10-15-25(29(42)43)35-32(44)47-22-24-13-6-2-7-14-24/h1-2,4-7,11-14,25-27,39-40,45H,3,8-10,15-22H2,(H,34,37)(H,35,44)(H,42,43)/t25-,26-,27+,33?/m0/s1. The number of aliphatic imine (C=N–C) groups is 2. The highest BCUT2D eigenvalue weighted by atomic mass is 16.5. The number of esters is 1. The molecule has 0 saturated carbocycles. The van der Waals surface area contributed by atoms with Gasteiger partial charge in [0.25, 0.3) is 0 Å². The van der Waals surface area contributed by atoms with Crippen LogP contribution in [0.5, 0.6) is 0 Å². The van der Waals surface area contributed by atoms with Gasteiger partial charge in [-0.15, -0.1) is 0 Å². The zero-order chi connectivity index (χ0) is 33.6. The largest absolute Gasteiger partial charge is 0.480 e. The van der Waals surface area contributed by atoms with E-state index in [-0.39, 0.29) is 69.8 Å². The van der Waals surface area contributed by atoms with Crippen LogP contribution in [-0.2, 0) is 32.3 Å². The van der Waals surface area contributed by atoms with Crippen molar-refractivity contribution in [2.24, 2.45) is 9.98 Å². The number of ether oxygens (including phenoxy) is 2. The van der Waals surface area contributed by atoms with Crippen molar-refractivity contribution < 1.29 is 44.3 Å². The van der Waals surface area contributed by atoms with Crippen LogP contribution < -0.4 is 10.6 Å². The van der Waals surface area contributed by atoms with Gasteiger partial charge in [0.15, 0.2) is 11.6 Å². The number of amidine groups is 1. The summed E-state index contributed by atoms with van der Waals surface area (Å²) in [6, 6.07) is 17.3. The number of fused-ring (bicyclic) bond motifs is 1. The molecule has 6 N–H and O–H groups in total. The molecule has 0 spiro atoms. The van der Waals surface area contributed by atoms with Crippen LogP contribution >= 0.6 is 0 Å². The first kappa shape index (κ1) is 35.3. The van der Waals surface area contributed by atoms with E-state index >= 15 is 0 Å². The molecule has 1 fully saturated rings. The fourth-order valence-electron chi connectivity index (χ4n) is 5.28. The Morgan fingerprint density at radius 1 is 0.957 bits per heavy atom. The van der Waals surface area contributed by atoms with Crippen LogP contribution in [0.1, 0.15) is 56.1 Å². The number of benzene rings is 2. The molecule has 14 heteroatoms. The van der Waals surface area contributed by atoms with Gasteiger partial charge in [-0.25, -0.2) is 9.59 Å². The van der Waals surface area contributed by atoms with E-state index in [0.29, 0.717) is 25.8 Å². The Labute approximate surface area is 273 Å². The van der Waals surface area contributed by atoms with Gasteiger partial charge in [-0.2, -0.15) is 4.99 Å². The number of nitrogens with zero attached hydrogens (tertiary/aromatic N) is 3. The Morgan fingerprint density at radius 2 is 1.62 bits per heavy atom. The zero-order valence-electron chi connectivity index (χ0n) is 26.2. The Morgan fingerprint density at radius 3 is 2.28 bits per heavy atom. The van der Waals surface area contributed by atoms with Crippen molar-refractivity contribution in [3.8, 4) is 0 Å². The molecule has 1 saturated heterocycles. The Hall–Kier alpha value is -4.53. The lowest BCUT2D eigenvalue weighted by molar-refractivity contribution is -0.145. The van der Waals surface area contributed by atoms with E-state index in [0.717, 1.165) is 11.1 Å². The first-order chi connectivity index (χ1) is 22.6. The number of carbonyl (C=O) groups excluding carboxylic acids is 2. The number of nitrogens with one attached hydrogen (secondary N) is 2. The van der Waals surface area contributed by atoms with Gasteiger partial charge in [0.1, 0.15) is 19.3 Å². The second kappa shape index (κ2) is 17.4. The van der Waals surface area contributed by atoms with Crippen LogP contribution in [0.15, 0.2) is 70.6 Å². The molecular weight excluding hydrogens is 610 g/mol. The number of aliphatic hydroxyl groups excluding tert-OH is 2. The van der Waals surface area contributed by atoms with Crippen molar-refractivity contribution in [1.29, 1.82) is 0 Å². The number of carbonyl (C=O) groups is 3.